The van der Waals surface area contributed by atoms with Gasteiger partial charge in [0, 0.05) is 6.61 Å². The highest BCUT2D eigenvalue weighted by Gasteiger charge is 2.30. The number of ether oxygens (including phenoxy) is 1. The molecule has 0 aromatic rings. The summed E-state index contributed by atoms with van der Waals surface area (Å²) in [4.78, 5) is 0. The van der Waals surface area contributed by atoms with Crippen molar-refractivity contribution < 1.29 is 4.74 Å². The molecule has 0 saturated heterocycles. The summed E-state index contributed by atoms with van der Waals surface area (Å²) in [6.45, 7) is 5.44. The summed E-state index contributed by atoms with van der Waals surface area (Å²) in [5, 5.41) is 0. The number of allylic oxidation sites excluding steroid dienone is 2. The van der Waals surface area contributed by atoms with E-state index < -0.39 is 0 Å². The van der Waals surface area contributed by atoms with Crippen molar-refractivity contribution in [2.75, 3.05) is 6.61 Å². The predicted molar refractivity (Wildman–Crippen MR) is 96.1 cm³/mol. The minimum absolute atomic E-state index is 0.581. The van der Waals surface area contributed by atoms with Crippen LogP contribution in [-0.2, 0) is 4.74 Å². The summed E-state index contributed by atoms with van der Waals surface area (Å²) in [6, 6.07) is 0. The van der Waals surface area contributed by atoms with Gasteiger partial charge < -0.3 is 4.74 Å². The maximum atomic E-state index is 6.11. The van der Waals surface area contributed by atoms with E-state index in [0.29, 0.717) is 6.10 Å². The Bertz CT molecular complexity index is 293. The summed E-state index contributed by atoms with van der Waals surface area (Å²) < 4.78 is 6.11. The minimum Gasteiger partial charge on any atom is -0.378 e. The zero-order chi connectivity index (χ0) is 15.6. The highest BCUT2D eigenvalue weighted by molar-refractivity contribution is 4.90. The Kier molecular flexibility index (Phi) is 8.59. The smallest absolute Gasteiger partial charge is 0.0575 e. The third-order valence-electron chi connectivity index (χ3n) is 6.02. The molecule has 1 nitrogen and oxygen atoms in total. The fourth-order valence-corrected chi connectivity index (χ4v) is 4.59. The first kappa shape index (κ1) is 18.0. The molecule has 0 amide bonds. The van der Waals surface area contributed by atoms with Crippen LogP contribution >= 0.6 is 0 Å². The fraction of sp³-hybridized carbons (Fsp3) is 0.905. The van der Waals surface area contributed by atoms with Crippen molar-refractivity contribution in [1.82, 2.24) is 0 Å². The molecule has 128 valence electrons. The first-order valence-electron chi connectivity index (χ1n) is 10.1. The van der Waals surface area contributed by atoms with Gasteiger partial charge in [-0.25, -0.2) is 0 Å². The number of rotatable bonds is 8. The summed E-state index contributed by atoms with van der Waals surface area (Å²) in [7, 11) is 0. The zero-order valence-corrected chi connectivity index (χ0v) is 15.1. The van der Waals surface area contributed by atoms with Gasteiger partial charge in [0.15, 0.2) is 0 Å². The topological polar surface area (TPSA) is 9.23 Å². The van der Waals surface area contributed by atoms with Crippen LogP contribution in [0.4, 0.5) is 0 Å². The van der Waals surface area contributed by atoms with E-state index in [1.165, 1.54) is 77.0 Å². The van der Waals surface area contributed by atoms with Crippen molar-refractivity contribution in [3.63, 3.8) is 0 Å². The third kappa shape index (κ3) is 6.07. The van der Waals surface area contributed by atoms with E-state index in [1.807, 2.05) is 0 Å². The lowest BCUT2D eigenvalue weighted by atomic mass is 9.70. The molecule has 22 heavy (non-hydrogen) atoms. The van der Waals surface area contributed by atoms with Crippen LogP contribution in [0.3, 0.4) is 0 Å². The molecule has 0 N–H and O–H groups in total. The Hall–Kier alpha value is -0.300. The molecule has 0 bridgehead atoms. The lowest BCUT2D eigenvalue weighted by Crippen LogP contribution is -2.28. The van der Waals surface area contributed by atoms with E-state index >= 15 is 0 Å². The van der Waals surface area contributed by atoms with Crippen molar-refractivity contribution in [1.29, 1.82) is 0 Å². The van der Waals surface area contributed by atoms with Gasteiger partial charge in [-0.15, -0.1) is 0 Å². The van der Waals surface area contributed by atoms with Crippen molar-refractivity contribution in [3.05, 3.63) is 12.2 Å². The zero-order valence-electron chi connectivity index (χ0n) is 15.1. The van der Waals surface area contributed by atoms with E-state index in [4.69, 9.17) is 4.74 Å². The lowest BCUT2D eigenvalue weighted by Gasteiger charge is -2.37. The molecule has 2 aliphatic rings. The van der Waals surface area contributed by atoms with Gasteiger partial charge in [0.25, 0.3) is 0 Å². The Morgan fingerprint density at radius 1 is 0.818 bits per heavy atom. The molecule has 2 saturated carbocycles. The van der Waals surface area contributed by atoms with Crippen LogP contribution in [0, 0.1) is 17.8 Å². The predicted octanol–water partition coefficient (Wildman–Crippen LogP) is 6.52. The molecular weight excluding hydrogens is 268 g/mol. The molecular formula is C21H38O. The normalized spacial score (nSPS) is 33.4. The highest BCUT2D eigenvalue weighted by Crippen LogP contribution is 2.40. The van der Waals surface area contributed by atoms with Crippen molar-refractivity contribution >= 4 is 0 Å². The molecule has 1 heteroatoms. The maximum absolute atomic E-state index is 6.11. The van der Waals surface area contributed by atoms with Crippen LogP contribution in [-0.4, -0.2) is 12.7 Å². The molecule has 0 radical (unpaired) electrons. The quantitative estimate of drug-likeness (QED) is 0.366. The SMILES string of the molecule is CC=CC1CCC(C2CCC(OCCCCCC)CC2)CC1. The van der Waals surface area contributed by atoms with Gasteiger partial charge in [0.2, 0.25) is 0 Å². The average molecular weight is 307 g/mol. The average Bonchev–Trinajstić information content (AvgIpc) is 2.56. The summed E-state index contributed by atoms with van der Waals surface area (Å²) in [6.07, 6.45) is 21.9. The summed E-state index contributed by atoms with van der Waals surface area (Å²) >= 11 is 0. The highest BCUT2D eigenvalue weighted by atomic mass is 16.5. The van der Waals surface area contributed by atoms with E-state index in [2.05, 4.69) is 26.0 Å². The molecule has 0 aromatic carbocycles. The monoisotopic (exact) mass is 306 g/mol. The van der Waals surface area contributed by atoms with Gasteiger partial charge in [0.1, 0.15) is 0 Å². The fourth-order valence-electron chi connectivity index (χ4n) is 4.59. The summed E-state index contributed by atoms with van der Waals surface area (Å²) in [5.74, 6) is 2.91. The van der Waals surface area contributed by atoms with Crippen molar-refractivity contribution in [2.45, 2.75) is 97.0 Å². The van der Waals surface area contributed by atoms with Gasteiger partial charge >= 0.3 is 0 Å². The number of hydrogen-bond donors (Lipinski definition) is 0. The number of unbranched alkanes of at least 4 members (excludes halogenated alkanes) is 3. The molecule has 0 atom stereocenters. The van der Waals surface area contributed by atoms with Gasteiger partial charge in [0.05, 0.1) is 6.10 Å². The van der Waals surface area contributed by atoms with Crippen LogP contribution in [0.1, 0.15) is 90.9 Å². The van der Waals surface area contributed by atoms with Crippen LogP contribution in [0.15, 0.2) is 12.2 Å². The second-order valence-electron chi connectivity index (χ2n) is 7.67. The molecule has 2 aliphatic carbocycles. The maximum Gasteiger partial charge on any atom is 0.0575 e. The third-order valence-corrected chi connectivity index (χ3v) is 6.02. The standard InChI is InChI=1S/C21H38O/c1-3-5-6-7-17-22-21-15-13-20(14-16-21)19-11-9-18(8-4-2)10-12-19/h4,8,18-21H,3,5-7,9-17H2,1-2H3. The first-order chi connectivity index (χ1) is 10.8. The van der Waals surface area contributed by atoms with Crippen molar-refractivity contribution in [3.8, 4) is 0 Å². The van der Waals surface area contributed by atoms with Crippen molar-refractivity contribution in [2.24, 2.45) is 17.8 Å². The first-order valence-corrected chi connectivity index (χ1v) is 10.1. The van der Waals surface area contributed by atoms with Gasteiger partial charge in [-0.1, -0.05) is 38.3 Å². The van der Waals surface area contributed by atoms with Crippen LogP contribution in [0.2, 0.25) is 0 Å². The Labute approximate surface area is 138 Å². The second-order valence-corrected chi connectivity index (χ2v) is 7.67. The second kappa shape index (κ2) is 10.5. The Morgan fingerprint density at radius 3 is 2.05 bits per heavy atom. The van der Waals surface area contributed by atoms with E-state index in [0.717, 1.165) is 24.4 Å². The molecule has 0 aliphatic heterocycles. The largest absolute Gasteiger partial charge is 0.378 e. The molecule has 2 rings (SSSR count). The summed E-state index contributed by atoms with van der Waals surface area (Å²) in [5.41, 5.74) is 0. The molecule has 0 unspecified atom stereocenters. The molecule has 2 fully saturated rings. The van der Waals surface area contributed by atoms with Gasteiger partial charge in [-0.05, 0) is 82.5 Å². The van der Waals surface area contributed by atoms with Crippen LogP contribution in [0.25, 0.3) is 0 Å². The lowest BCUT2D eigenvalue weighted by molar-refractivity contribution is 0.00597. The Balaban J connectivity index is 1.57. The van der Waals surface area contributed by atoms with Crippen LogP contribution < -0.4 is 0 Å². The Morgan fingerprint density at radius 2 is 1.45 bits per heavy atom. The van der Waals surface area contributed by atoms with E-state index in [1.54, 1.807) is 0 Å². The molecule has 0 heterocycles. The number of hydrogen-bond acceptors (Lipinski definition) is 1. The van der Waals surface area contributed by atoms with Gasteiger partial charge in [-0.2, -0.15) is 0 Å². The molecule has 0 aromatic heterocycles. The van der Waals surface area contributed by atoms with Crippen LogP contribution in [0.5, 0.6) is 0 Å². The van der Waals surface area contributed by atoms with E-state index in [9.17, 15) is 0 Å². The van der Waals surface area contributed by atoms with Gasteiger partial charge in [-0.3, -0.25) is 0 Å². The van der Waals surface area contributed by atoms with E-state index in [-0.39, 0.29) is 0 Å². The molecule has 0 spiro atoms. The minimum atomic E-state index is 0.581.